The zero-order chi connectivity index (χ0) is 12.5. The Morgan fingerprint density at radius 2 is 2.00 bits per heavy atom. The number of amidine groups is 1. The van der Waals surface area contributed by atoms with Crippen LogP contribution in [0.2, 0.25) is 0 Å². The van der Waals surface area contributed by atoms with Crippen LogP contribution in [-0.4, -0.2) is 10.4 Å². The molecule has 1 aromatic heterocycles. The third-order valence-corrected chi connectivity index (χ3v) is 2.55. The van der Waals surface area contributed by atoms with Crippen LogP contribution >= 0.6 is 0 Å². The summed E-state index contributed by atoms with van der Waals surface area (Å²) in [5, 5.41) is 7.34. The van der Waals surface area contributed by atoms with Crippen LogP contribution in [0.15, 0.2) is 16.9 Å². The first-order chi connectivity index (χ1) is 7.29. The predicted molar refractivity (Wildman–Crippen MR) is 66.1 cm³/mol. The molecule has 1 heterocycles. The van der Waals surface area contributed by atoms with E-state index in [1.165, 1.54) is 0 Å². The van der Waals surface area contributed by atoms with Crippen molar-refractivity contribution in [2.75, 3.05) is 0 Å². The van der Waals surface area contributed by atoms with Crippen LogP contribution in [0.1, 0.15) is 39.0 Å². The van der Waals surface area contributed by atoms with Gasteiger partial charge in [0.25, 0.3) is 5.56 Å². The predicted octanol–water partition coefficient (Wildman–Crippen LogP) is 1.45. The van der Waals surface area contributed by atoms with Gasteiger partial charge < -0.3 is 10.3 Å². The van der Waals surface area contributed by atoms with Gasteiger partial charge in [-0.2, -0.15) is 0 Å². The Bertz CT molecular complexity index is 466. The zero-order valence-electron chi connectivity index (χ0n) is 10.3. The molecule has 0 spiro atoms. The summed E-state index contributed by atoms with van der Waals surface area (Å²) in [7, 11) is 0. The van der Waals surface area contributed by atoms with Gasteiger partial charge in [0.05, 0.1) is 5.56 Å². The molecule has 0 atom stereocenters. The quantitative estimate of drug-likeness (QED) is 0.586. The van der Waals surface area contributed by atoms with Crippen LogP contribution in [0.5, 0.6) is 0 Å². The average molecular weight is 221 g/mol. The van der Waals surface area contributed by atoms with Crippen molar-refractivity contribution in [2.45, 2.75) is 39.7 Å². The molecule has 1 aromatic rings. The molecule has 0 saturated carbocycles. The lowest BCUT2D eigenvalue weighted by Gasteiger charge is -2.24. The lowest BCUT2D eigenvalue weighted by molar-refractivity contribution is 0.510. The first kappa shape index (κ1) is 12.5. The summed E-state index contributed by atoms with van der Waals surface area (Å²) in [6.45, 7) is 8.68. The summed E-state index contributed by atoms with van der Waals surface area (Å²) >= 11 is 0. The maximum Gasteiger partial charge on any atom is 0.261 e. The minimum absolute atomic E-state index is 0.0928. The zero-order valence-corrected chi connectivity index (χ0v) is 10.3. The fraction of sp³-hybridized carbons (Fsp3) is 0.500. The molecule has 0 aliphatic rings. The van der Waals surface area contributed by atoms with E-state index in [1.807, 2.05) is 13.0 Å². The van der Waals surface area contributed by atoms with Crippen molar-refractivity contribution in [3.05, 3.63) is 33.7 Å². The Morgan fingerprint density at radius 1 is 1.44 bits per heavy atom. The smallest absolute Gasteiger partial charge is 0.261 e. The Balaban J connectivity index is 3.54. The highest BCUT2D eigenvalue weighted by Crippen LogP contribution is 2.20. The maximum absolute atomic E-state index is 12.1. The molecule has 0 aliphatic heterocycles. The van der Waals surface area contributed by atoms with Crippen molar-refractivity contribution in [2.24, 2.45) is 5.73 Å². The van der Waals surface area contributed by atoms with Crippen LogP contribution in [0, 0.1) is 5.41 Å². The number of nitrogens with two attached hydrogens (primary N) is 1. The molecule has 0 aliphatic carbocycles. The molecule has 0 radical (unpaired) electrons. The van der Waals surface area contributed by atoms with E-state index in [2.05, 4.69) is 20.8 Å². The molecule has 1 rings (SSSR count). The van der Waals surface area contributed by atoms with Crippen molar-refractivity contribution >= 4 is 5.84 Å². The van der Waals surface area contributed by atoms with Crippen molar-refractivity contribution in [3.63, 3.8) is 0 Å². The maximum atomic E-state index is 12.1. The monoisotopic (exact) mass is 221 g/mol. The largest absolute Gasteiger partial charge is 0.384 e. The standard InChI is InChI=1S/C12H19N3O/c1-5-15-9(12(2,3)4)7-6-8(10(13)14)11(15)16/h6-7H,5H2,1-4H3,(H3,13,14). The Labute approximate surface area is 95.6 Å². The van der Waals surface area contributed by atoms with Crippen molar-refractivity contribution in [1.82, 2.24) is 4.57 Å². The number of hydrogen-bond donors (Lipinski definition) is 2. The molecule has 4 heteroatoms. The van der Waals surface area contributed by atoms with Gasteiger partial charge in [-0.15, -0.1) is 0 Å². The summed E-state index contributed by atoms with van der Waals surface area (Å²) in [5.74, 6) is -0.173. The van der Waals surface area contributed by atoms with E-state index in [1.54, 1.807) is 10.6 Å². The molecular formula is C12H19N3O. The third kappa shape index (κ3) is 2.15. The van der Waals surface area contributed by atoms with E-state index in [4.69, 9.17) is 11.1 Å². The summed E-state index contributed by atoms with van der Waals surface area (Å²) in [6, 6.07) is 3.51. The number of nitrogen functional groups attached to an aromatic ring is 1. The molecule has 0 amide bonds. The average Bonchev–Trinajstić information content (AvgIpc) is 2.15. The van der Waals surface area contributed by atoms with E-state index < -0.39 is 0 Å². The van der Waals surface area contributed by atoms with Crippen molar-refractivity contribution in [3.8, 4) is 0 Å². The van der Waals surface area contributed by atoms with Gasteiger partial charge >= 0.3 is 0 Å². The molecule has 4 nitrogen and oxygen atoms in total. The van der Waals surface area contributed by atoms with Gasteiger partial charge in [-0.1, -0.05) is 20.8 Å². The summed E-state index contributed by atoms with van der Waals surface area (Å²) in [4.78, 5) is 12.1. The van der Waals surface area contributed by atoms with E-state index in [9.17, 15) is 4.79 Å². The van der Waals surface area contributed by atoms with Gasteiger partial charge in [-0.05, 0) is 19.1 Å². The minimum Gasteiger partial charge on any atom is -0.384 e. The molecule has 0 fully saturated rings. The van der Waals surface area contributed by atoms with Gasteiger partial charge in [-0.25, -0.2) is 0 Å². The highest BCUT2D eigenvalue weighted by atomic mass is 16.1. The van der Waals surface area contributed by atoms with Crippen LogP contribution < -0.4 is 11.3 Å². The second-order valence-electron chi connectivity index (χ2n) is 4.85. The van der Waals surface area contributed by atoms with Crippen LogP contribution in [-0.2, 0) is 12.0 Å². The van der Waals surface area contributed by atoms with Gasteiger partial charge in [0, 0.05) is 17.7 Å². The lowest BCUT2D eigenvalue weighted by Crippen LogP contribution is -2.34. The number of nitrogens with zero attached hydrogens (tertiary/aromatic N) is 1. The second kappa shape index (κ2) is 4.12. The van der Waals surface area contributed by atoms with Crippen LogP contribution in [0.3, 0.4) is 0 Å². The first-order valence-electron chi connectivity index (χ1n) is 5.37. The summed E-state index contributed by atoms with van der Waals surface area (Å²) < 4.78 is 1.68. The van der Waals surface area contributed by atoms with E-state index in [0.717, 1.165) is 5.69 Å². The summed E-state index contributed by atoms with van der Waals surface area (Å²) in [6.07, 6.45) is 0. The van der Waals surface area contributed by atoms with Crippen molar-refractivity contribution in [1.29, 1.82) is 5.41 Å². The lowest BCUT2D eigenvalue weighted by atomic mass is 9.90. The molecule has 0 unspecified atom stereocenters. The molecule has 0 bridgehead atoms. The van der Waals surface area contributed by atoms with Gasteiger partial charge in [0.15, 0.2) is 0 Å². The second-order valence-corrected chi connectivity index (χ2v) is 4.85. The Hall–Kier alpha value is -1.58. The van der Waals surface area contributed by atoms with Gasteiger partial charge in [0.1, 0.15) is 5.84 Å². The third-order valence-electron chi connectivity index (χ3n) is 2.55. The highest BCUT2D eigenvalue weighted by molar-refractivity contribution is 5.94. The van der Waals surface area contributed by atoms with E-state index >= 15 is 0 Å². The summed E-state index contributed by atoms with van der Waals surface area (Å²) in [5.41, 5.74) is 6.33. The molecule has 88 valence electrons. The Morgan fingerprint density at radius 3 is 2.38 bits per heavy atom. The number of aromatic nitrogens is 1. The van der Waals surface area contributed by atoms with Crippen LogP contribution in [0.25, 0.3) is 0 Å². The SMILES string of the molecule is CCn1c(C(C)(C)C)ccc(C(=N)N)c1=O. The minimum atomic E-state index is -0.178. The molecule has 0 aromatic carbocycles. The van der Waals surface area contributed by atoms with Crippen LogP contribution in [0.4, 0.5) is 0 Å². The normalized spacial score (nSPS) is 11.5. The van der Waals surface area contributed by atoms with E-state index in [-0.39, 0.29) is 22.4 Å². The van der Waals surface area contributed by atoms with Gasteiger partial charge in [0.2, 0.25) is 0 Å². The van der Waals surface area contributed by atoms with E-state index in [0.29, 0.717) is 6.54 Å². The molecule has 0 saturated heterocycles. The number of pyridine rings is 1. The number of hydrogen-bond acceptors (Lipinski definition) is 2. The van der Waals surface area contributed by atoms with Gasteiger partial charge in [-0.3, -0.25) is 10.2 Å². The molecular weight excluding hydrogens is 202 g/mol. The fourth-order valence-electron chi connectivity index (χ4n) is 1.75. The number of rotatable bonds is 2. The molecule has 3 N–H and O–H groups in total. The number of nitrogens with one attached hydrogen (secondary N) is 1. The van der Waals surface area contributed by atoms with Crippen molar-refractivity contribution < 1.29 is 0 Å². The first-order valence-corrected chi connectivity index (χ1v) is 5.37. The molecule has 16 heavy (non-hydrogen) atoms. The Kier molecular flexibility index (Phi) is 3.21. The topological polar surface area (TPSA) is 71.9 Å². The highest BCUT2D eigenvalue weighted by Gasteiger charge is 2.19. The fourth-order valence-corrected chi connectivity index (χ4v) is 1.75.